The molecule has 134 valence electrons. The predicted molar refractivity (Wildman–Crippen MR) is 100 cm³/mol. The molecule has 0 spiro atoms. The average molecular weight is 369 g/mol. The van der Waals surface area contributed by atoms with Crippen molar-refractivity contribution in [2.75, 3.05) is 25.5 Å². The number of aromatic nitrogens is 5. The lowest BCUT2D eigenvalue weighted by Crippen LogP contribution is -2.27. The summed E-state index contributed by atoms with van der Waals surface area (Å²) in [6.07, 6.45) is 7.15. The number of amides is 1. The second-order valence-electron chi connectivity index (χ2n) is 5.80. The van der Waals surface area contributed by atoms with Gasteiger partial charge in [0.1, 0.15) is 10.7 Å². The van der Waals surface area contributed by atoms with Gasteiger partial charge in [-0.15, -0.1) is 11.3 Å². The SMILES string of the molecule is Cc1nc(N(C)C)ncc1C(=O)NCCc1csc(-c2cnccn2)n1. The molecule has 0 saturated carbocycles. The van der Waals surface area contributed by atoms with Gasteiger partial charge in [-0.25, -0.2) is 15.0 Å². The van der Waals surface area contributed by atoms with Crippen LogP contribution < -0.4 is 10.2 Å². The van der Waals surface area contributed by atoms with Crippen LogP contribution in [0.1, 0.15) is 21.7 Å². The third kappa shape index (κ3) is 4.17. The second kappa shape index (κ2) is 7.96. The van der Waals surface area contributed by atoms with Crippen LogP contribution in [0.15, 0.2) is 30.2 Å². The highest BCUT2D eigenvalue weighted by Crippen LogP contribution is 2.20. The largest absolute Gasteiger partial charge is 0.352 e. The van der Waals surface area contributed by atoms with E-state index in [1.807, 2.05) is 19.5 Å². The van der Waals surface area contributed by atoms with E-state index in [9.17, 15) is 4.79 Å². The second-order valence-corrected chi connectivity index (χ2v) is 6.66. The maximum atomic E-state index is 12.3. The van der Waals surface area contributed by atoms with Gasteiger partial charge in [0.2, 0.25) is 5.95 Å². The fraction of sp³-hybridized carbons (Fsp3) is 0.294. The van der Waals surface area contributed by atoms with E-state index in [4.69, 9.17) is 0 Å². The van der Waals surface area contributed by atoms with E-state index in [2.05, 4.69) is 30.2 Å². The van der Waals surface area contributed by atoms with E-state index in [1.54, 1.807) is 36.6 Å². The summed E-state index contributed by atoms with van der Waals surface area (Å²) < 4.78 is 0. The molecule has 0 radical (unpaired) electrons. The zero-order valence-corrected chi connectivity index (χ0v) is 15.6. The highest BCUT2D eigenvalue weighted by atomic mass is 32.1. The molecule has 0 aromatic carbocycles. The Hall–Kier alpha value is -2.94. The lowest BCUT2D eigenvalue weighted by atomic mass is 10.2. The normalized spacial score (nSPS) is 10.6. The molecule has 9 heteroatoms. The van der Waals surface area contributed by atoms with Crippen molar-refractivity contribution in [3.63, 3.8) is 0 Å². The van der Waals surface area contributed by atoms with Crippen molar-refractivity contribution in [1.29, 1.82) is 0 Å². The molecule has 0 fully saturated rings. The molecule has 0 aliphatic carbocycles. The number of anilines is 1. The third-order valence-electron chi connectivity index (χ3n) is 3.61. The van der Waals surface area contributed by atoms with E-state index in [-0.39, 0.29) is 5.91 Å². The van der Waals surface area contributed by atoms with E-state index in [0.717, 1.165) is 16.4 Å². The number of hydrogen-bond acceptors (Lipinski definition) is 8. The van der Waals surface area contributed by atoms with Gasteiger partial charge in [-0.3, -0.25) is 14.8 Å². The summed E-state index contributed by atoms with van der Waals surface area (Å²) in [5, 5.41) is 5.68. The number of carbonyl (C=O) groups excluding carboxylic acids is 1. The zero-order chi connectivity index (χ0) is 18.5. The molecular weight excluding hydrogens is 350 g/mol. The van der Waals surface area contributed by atoms with Crippen molar-refractivity contribution in [3.05, 3.63) is 47.1 Å². The van der Waals surface area contributed by atoms with Crippen molar-refractivity contribution in [2.45, 2.75) is 13.3 Å². The molecule has 0 aliphatic rings. The molecule has 1 N–H and O–H groups in total. The first kappa shape index (κ1) is 17.9. The van der Waals surface area contributed by atoms with Crippen LogP contribution in [0.4, 0.5) is 5.95 Å². The highest BCUT2D eigenvalue weighted by Gasteiger charge is 2.13. The van der Waals surface area contributed by atoms with Gasteiger partial charge in [0.25, 0.3) is 5.91 Å². The van der Waals surface area contributed by atoms with E-state index in [1.165, 1.54) is 11.3 Å². The molecule has 3 aromatic heterocycles. The van der Waals surface area contributed by atoms with E-state index in [0.29, 0.717) is 30.2 Å². The molecular formula is C17H19N7OS. The molecule has 0 atom stereocenters. The van der Waals surface area contributed by atoms with Gasteiger partial charge >= 0.3 is 0 Å². The summed E-state index contributed by atoms with van der Waals surface area (Å²) in [4.78, 5) is 35.5. The van der Waals surface area contributed by atoms with Gasteiger partial charge in [-0.05, 0) is 6.92 Å². The topological polar surface area (TPSA) is 96.8 Å². The minimum absolute atomic E-state index is 0.183. The summed E-state index contributed by atoms with van der Waals surface area (Å²) in [6.45, 7) is 2.29. The minimum atomic E-state index is -0.183. The van der Waals surface area contributed by atoms with Gasteiger partial charge in [-0.1, -0.05) is 0 Å². The lowest BCUT2D eigenvalue weighted by Gasteiger charge is -2.12. The predicted octanol–water partition coefficient (Wildman–Crippen LogP) is 1.74. The Morgan fingerprint density at radius 3 is 2.73 bits per heavy atom. The number of hydrogen-bond donors (Lipinski definition) is 1. The van der Waals surface area contributed by atoms with Crippen LogP contribution >= 0.6 is 11.3 Å². The summed E-state index contributed by atoms with van der Waals surface area (Å²) in [6, 6.07) is 0. The Morgan fingerprint density at radius 2 is 2.04 bits per heavy atom. The highest BCUT2D eigenvalue weighted by molar-refractivity contribution is 7.13. The first-order chi connectivity index (χ1) is 12.5. The number of aryl methyl sites for hydroxylation is 1. The first-order valence-electron chi connectivity index (χ1n) is 8.04. The molecule has 1 amide bonds. The lowest BCUT2D eigenvalue weighted by molar-refractivity contribution is 0.0952. The van der Waals surface area contributed by atoms with Gasteiger partial charge in [0.05, 0.1) is 23.1 Å². The van der Waals surface area contributed by atoms with Crippen LogP contribution in [0, 0.1) is 6.92 Å². The van der Waals surface area contributed by atoms with E-state index >= 15 is 0 Å². The Bertz CT molecular complexity index is 895. The maximum absolute atomic E-state index is 12.3. The molecule has 3 heterocycles. The number of rotatable bonds is 6. The van der Waals surface area contributed by atoms with Crippen molar-refractivity contribution in [1.82, 2.24) is 30.2 Å². The quantitative estimate of drug-likeness (QED) is 0.707. The van der Waals surface area contributed by atoms with Gasteiger partial charge in [0.15, 0.2) is 0 Å². The van der Waals surface area contributed by atoms with Gasteiger partial charge in [-0.2, -0.15) is 0 Å². The van der Waals surface area contributed by atoms with Crippen LogP contribution in [-0.4, -0.2) is 51.5 Å². The van der Waals surface area contributed by atoms with Crippen LogP contribution in [0.5, 0.6) is 0 Å². The van der Waals surface area contributed by atoms with Crippen molar-refractivity contribution in [3.8, 4) is 10.7 Å². The summed E-state index contributed by atoms with van der Waals surface area (Å²) in [5.74, 6) is 0.398. The van der Waals surface area contributed by atoms with Crippen molar-refractivity contribution >= 4 is 23.2 Å². The Kier molecular flexibility index (Phi) is 5.47. The third-order valence-corrected chi connectivity index (χ3v) is 4.53. The van der Waals surface area contributed by atoms with Crippen LogP contribution in [0.3, 0.4) is 0 Å². The number of thiazole rings is 1. The van der Waals surface area contributed by atoms with Crippen LogP contribution in [-0.2, 0) is 6.42 Å². The monoisotopic (exact) mass is 369 g/mol. The molecule has 0 aliphatic heterocycles. The molecule has 0 unspecified atom stereocenters. The molecule has 3 rings (SSSR count). The molecule has 26 heavy (non-hydrogen) atoms. The van der Waals surface area contributed by atoms with Gasteiger partial charge in [0, 0.05) is 51.0 Å². The van der Waals surface area contributed by atoms with Crippen LogP contribution in [0.25, 0.3) is 10.7 Å². The summed E-state index contributed by atoms with van der Waals surface area (Å²) in [5.41, 5.74) is 2.79. The van der Waals surface area contributed by atoms with E-state index < -0.39 is 0 Å². The smallest absolute Gasteiger partial charge is 0.254 e. The minimum Gasteiger partial charge on any atom is -0.352 e. The molecule has 0 saturated heterocycles. The van der Waals surface area contributed by atoms with Gasteiger partial charge < -0.3 is 10.2 Å². The summed E-state index contributed by atoms with van der Waals surface area (Å²) in [7, 11) is 3.72. The molecule has 0 bridgehead atoms. The standard InChI is InChI=1S/C17H19N7OS/c1-11-13(8-21-17(22-11)24(2)3)15(25)20-5-4-12-10-26-16(23-12)14-9-18-6-7-19-14/h6-10H,4-5H2,1-3H3,(H,20,25). The Morgan fingerprint density at radius 1 is 1.19 bits per heavy atom. The molecule has 3 aromatic rings. The number of nitrogens with one attached hydrogen (secondary N) is 1. The Labute approximate surface area is 155 Å². The van der Waals surface area contributed by atoms with Crippen molar-refractivity contribution in [2.24, 2.45) is 0 Å². The first-order valence-corrected chi connectivity index (χ1v) is 8.92. The van der Waals surface area contributed by atoms with Crippen LogP contribution in [0.2, 0.25) is 0 Å². The Balaban J connectivity index is 1.57. The maximum Gasteiger partial charge on any atom is 0.254 e. The number of carbonyl (C=O) groups is 1. The fourth-order valence-corrected chi connectivity index (χ4v) is 3.06. The zero-order valence-electron chi connectivity index (χ0n) is 14.8. The number of nitrogens with zero attached hydrogens (tertiary/aromatic N) is 6. The molecule has 8 nitrogen and oxygen atoms in total. The fourth-order valence-electron chi connectivity index (χ4n) is 2.24. The average Bonchev–Trinajstić information content (AvgIpc) is 3.11. The van der Waals surface area contributed by atoms with Crippen molar-refractivity contribution < 1.29 is 4.79 Å². The summed E-state index contributed by atoms with van der Waals surface area (Å²) >= 11 is 1.51.